The summed E-state index contributed by atoms with van der Waals surface area (Å²) in [6, 6.07) is 5.10. The highest BCUT2D eigenvalue weighted by molar-refractivity contribution is 5.76. The molecule has 1 aromatic rings. The zero-order valence-electron chi connectivity index (χ0n) is 11.0. The Balaban J connectivity index is 2.22. The molecule has 0 aliphatic heterocycles. The summed E-state index contributed by atoms with van der Waals surface area (Å²) in [5.74, 6) is 0.286. The van der Waals surface area contributed by atoms with Crippen LogP contribution in [0, 0.1) is 11.7 Å². The summed E-state index contributed by atoms with van der Waals surface area (Å²) in [6.45, 7) is 2.23. The van der Waals surface area contributed by atoms with Crippen molar-refractivity contribution in [3.63, 3.8) is 0 Å². The molecular weight excluding hydrogens is 229 g/mol. The molecule has 1 fully saturated rings. The van der Waals surface area contributed by atoms with Crippen LogP contribution in [-0.2, 0) is 0 Å². The Kier molecular flexibility index (Phi) is 4.00. The zero-order valence-corrected chi connectivity index (χ0v) is 11.0. The number of nitrogens with zero attached hydrogens (tertiary/aromatic N) is 1. The van der Waals surface area contributed by atoms with Gasteiger partial charge in [0.2, 0.25) is 0 Å². The van der Waals surface area contributed by atoms with Crippen LogP contribution in [0.5, 0.6) is 0 Å². The van der Waals surface area contributed by atoms with Gasteiger partial charge < -0.3 is 4.90 Å². The van der Waals surface area contributed by atoms with Crippen LogP contribution in [0.3, 0.4) is 0 Å². The number of hydrogen-bond acceptors (Lipinski definition) is 2. The first-order valence-electron chi connectivity index (χ1n) is 6.61. The van der Waals surface area contributed by atoms with Crippen LogP contribution < -0.4 is 4.90 Å². The molecule has 1 aliphatic rings. The maximum atomic E-state index is 14.0. The first-order valence-corrected chi connectivity index (χ1v) is 6.61. The third kappa shape index (κ3) is 2.55. The second-order valence-electron chi connectivity index (χ2n) is 5.27. The summed E-state index contributed by atoms with van der Waals surface area (Å²) in [5.41, 5.74) is 0.987. The molecule has 2 nitrogen and oxygen atoms in total. The maximum Gasteiger partial charge on any atom is 0.150 e. The minimum atomic E-state index is -0.306. The molecule has 2 atom stereocenters. The summed E-state index contributed by atoms with van der Waals surface area (Å²) in [5, 5.41) is 0. The van der Waals surface area contributed by atoms with Gasteiger partial charge in [0.05, 0.1) is 5.69 Å². The first-order chi connectivity index (χ1) is 8.63. The van der Waals surface area contributed by atoms with E-state index in [9.17, 15) is 9.18 Å². The topological polar surface area (TPSA) is 20.3 Å². The second-order valence-corrected chi connectivity index (χ2v) is 5.27. The molecule has 1 saturated carbocycles. The largest absolute Gasteiger partial charge is 0.369 e. The Labute approximate surface area is 108 Å². The molecule has 98 valence electrons. The van der Waals surface area contributed by atoms with Crippen LogP contribution in [0.1, 0.15) is 43.0 Å². The predicted molar refractivity (Wildman–Crippen MR) is 71.6 cm³/mol. The summed E-state index contributed by atoms with van der Waals surface area (Å²) in [7, 11) is 1.95. The number of aldehydes is 1. The fourth-order valence-electron chi connectivity index (χ4n) is 2.93. The van der Waals surface area contributed by atoms with Crippen molar-refractivity contribution in [2.75, 3.05) is 11.9 Å². The van der Waals surface area contributed by atoms with Gasteiger partial charge >= 0.3 is 0 Å². The van der Waals surface area contributed by atoms with Crippen molar-refractivity contribution >= 4 is 12.0 Å². The van der Waals surface area contributed by atoms with Gasteiger partial charge in [0.1, 0.15) is 12.1 Å². The molecule has 2 unspecified atom stereocenters. The Bertz CT molecular complexity index is 433. The number of carbonyl (C=O) groups excluding carboxylic acids is 1. The molecule has 2 rings (SSSR count). The number of rotatable bonds is 3. The van der Waals surface area contributed by atoms with Crippen LogP contribution in [-0.4, -0.2) is 19.4 Å². The molecule has 0 aromatic heterocycles. The van der Waals surface area contributed by atoms with E-state index in [4.69, 9.17) is 0 Å². The minimum Gasteiger partial charge on any atom is -0.369 e. The van der Waals surface area contributed by atoms with E-state index in [-0.39, 0.29) is 5.82 Å². The van der Waals surface area contributed by atoms with Crippen LogP contribution in [0.4, 0.5) is 10.1 Å². The lowest BCUT2D eigenvalue weighted by Gasteiger charge is -2.37. The first kappa shape index (κ1) is 13.1. The van der Waals surface area contributed by atoms with Crippen molar-refractivity contribution in [2.45, 2.75) is 38.6 Å². The monoisotopic (exact) mass is 249 g/mol. The van der Waals surface area contributed by atoms with Crippen LogP contribution in [0.2, 0.25) is 0 Å². The van der Waals surface area contributed by atoms with E-state index < -0.39 is 0 Å². The molecule has 18 heavy (non-hydrogen) atoms. The van der Waals surface area contributed by atoms with Crippen molar-refractivity contribution in [1.29, 1.82) is 0 Å². The molecule has 0 N–H and O–H groups in total. The quantitative estimate of drug-likeness (QED) is 0.762. The van der Waals surface area contributed by atoms with Crippen molar-refractivity contribution in [1.82, 2.24) is 0 Å². The molecule has 0 amide bonds. The second kappa shape index (κ2) is 5.51. The number of halogens is 1. The summed E-state index contributed by atoms with van der Waals surface area (Å²) in [6.07, 6.45) is 5.50. The fraction of sp³-hybridized carbons (Fsp3) is 0.533. The van der Waals surface area contributed by atoms with Gasteiger partial charge in [-0.3, -0.25) is 4.79 Å². The molecule has 1 aliphatic carbocycles. The lowest BCUT2D eigenvalue weighted by molar-refractivity contribution is 0.112. The Hall–Kier alpha value is -1.38. The normalized spacial score (nSPS) is 23.7. The third-order valence-electron chi connectivity index (χ3n) is 4.05. The molecular formula is C15H20FNO. The SMILES string of the molecule is CC1CCCCC1N(C)c1ccc(C=O)cc1F. The summed E-state index contributed by atoms with van der Waals surface area (Å²) in [4.78, 5) is 12.6. The molecule has 3 heteroatoms. The van der Waals surface area contributed by atoms with Gasteiger partial charge in [-0.05, 0) is 37.0 Å². The van der Waals surface area contributed by atoms with Crippen molar-refractivity contribution in [3.8, 4) is 0 Å². The van der Waals surface area contributed by atoms with Crippen LogP contribution >= 0.6 is 0 Å². The van der Waals surface area contributed by atoms with E-state index in [1.165, 1.54) is 25.3 Å². The van der Waals surface area contributed by atoms with E-state index >= 15 is 0 Å². The van der Waals surface area contributed by atoms with E-state index in [0.29, 0.717) is 29.5 Å². The highest BCUT2D eigenvalue weighted by Gasteiger charge is 2.26. The number of carbonyl (C=O) groups is 1. The van der Waals surface area contributed by atoms with Crippen molar-refractivity contribution in [3.05, 3.63) is 29.6 Å². The Morgan fingerprint density at radius 2 is 2.06 bits per heavy atom. The zero-order chi connectivity index (χ0) is 13.1. The van der Waals surface area contributed by atoms with Gasteiger partial charge in [-0.25, -0.2) is 4.39 Å². The van der Waals surface area contributed by atoms with Crippen molar-refractivity contribution in [2.24, 2.45) is 5.92 Å². The van der Waals surface area contributed by atoms with E-state index in [2.05, 4.69) is 6.92 Å². The summed E-state index contributed by atoms with van der Waals surface area (Å²) >= 11 is 0. The van der Waals surface area contributed by atoms with Gasteiger partial charge in [0, 0.05) is 18.7 Å². The molecule has 0 bridgehead atoms. The Morgan fingerprint density at radius 1 is 1.33 bits per heavy atom. The third-order valence-corrected chi connectivity index (χ3v) is 4.05. The average Bonchev–Trinajstić information content (AvgIpc) is 2.38. The highest BCUT2D eigenvalue weighted by atomic mass is 19.1. The van der Waals surface area contributed by atoms with Crippen LogP contribution in [0.25, 0.3) is 0 Å². The lowest BCUT2D eigenvalue weighted by atomic mass is 9.85. The van der Waals surface area contributed by atoms with Gasteiger partial charge in [-0.1, -0.05) is 19.8 Å². The predicted octanol–water partition coefficient (Wildman–Crippen LogP) is 3.65. The number of benzene rings is 1. The lowest BCUT2D eigenvalue weighted by Crippen LogP contribution is -2.39. The van der Waals surface area contributed by atoms with Gasteiger partial charge in [0.15, 0.2) is 0 Å². The van der Waals surface area contributed by atoms with Gasteiger partial charge in [-0.2, -0.15) is 0 Å². The van der Waals surface area contributed by atoms with E-state index in [1.807, 2.05) is 11.9 Å². The molecule has 0 radical (unpaired) electrons. The summed E-state index contributed by atoms with van der Waals surface area (Å²) < 4.78 is 14.0. The standard InChI is InChI=1S/C15H20FNO/c1-11-5-3-4-6-14(11)17(2)15-8-7-12(10-18)9-13(15)16/h7-11,14H,3-6H2,1-2H3. The number of anilines is 1. The fourth-order valence-corrected chi connectivity index (χ4v) is 2.93. The molecule has 0 spiro atoms. The van der Waals surface area contributed by atoms with Gasteiger partial charge in [0.25, 0.3) is 0 Å². The average molecular weight is 249 g/mol. The molecule has 0 saturated heterocycles. The smallest absolute Gasteiger partial charge is 0.150 e. The van der Waals surface area contributed by atoms with Gasteiger partial charge in [-0.15, -0.1) is 0 Å². The van der Waals surface area contributed by atoms with E-state index in [0.717, 1.165) is 6.42 Å². The van der Waals surface area contributed by atoms with E-state index in [1.54, 1.807) is 12.1 Å². The molecule has 0 heterocycles. The highest BCUT2D eigenvalue weighted by Crippen LogP contribution is 2.31. The van der Waals surface area contributed by atoms with Crippen LogP contribution in [0.15, 0.2) is 18.2 Å². The number of hydrogen-bond donors (Lipinski definition) is 0. The maximum absolute atomic E-state index is 14.0. The Morgan fingerprint density at radius 3 is 2.67 bits per heavy atom. The molecule has 1 aromatic carbocycles. The minimum absolute atomic E-state index is 0.306. The van der Waals surface area contributed by atoms with Crippen molar-refractivity contribution < 1.29 is 9.18 Å².